The zero-order chi connectivity index (χ0) is 13.4. The number of nitrogens with one attached hydrogen (secondary N) is 1. The van der Waals surface area contributed by atoms with Crippen molar-refractivity contribution in [1.82, 2.24) is 25.0 Å². The fourth-order valence-electron chi connectivity index (χ4n) is 2.35. The van der Waals surface area contributed by atoms with Crippen LogP contribution in [0.4, 0.5) is 0 Å². The van der Waals surface area contributed by atoms with Crippen molar-refractivity contribution in [2.24, 2.45) is 19.9 Å². The van der Waals surface area contributed by atoms with Crippen LogP contribution in [-0.4, -0.2) is 19.6 Å². The third-order valence-corrected chi connectivity index (χ3v) is 3.26. The van der Waals surface area contributed by atoms with Gasteiger partial charge in [-0.2, -0.15) is 10.2 Å². The maximum Gasteiger partial charge on any atom is 0.109 e. The van der Waals surface area contributed by atoms with Crippen molar-refractivity contribution in [3.8, 4) is 0 Å². The maximum atomic E-state index is 5.70. The van der Waals surface area contributed by atoms with Crippen LogP contribution in [0.2, 0.25) is 0 Å². The molecule has 0 fully saturated rings. The Morgan fingerprint density at radius 1 is 1.16 bits per heavy atom. The van der Waals surface area contributed by atoms with E-state index >= 15 is 0 Å². The van der Waals surface area contributed by atoms with Crippen LogP contribution >= 0.6 is 0 Å². The van der Waals surface area contributed by atoms with E-state index in [1.807, 2.05) is 55.3 Å². The van der Waals surface area contributed by atoms with Gasteiger partial charge in [-0.15, -0.1) is 0 Å². The van der Waals surface area contributed by atoms with E-state index in [0.29, 0.717) is 0 Å². The molecule has 0 bridgehead atoms. The van der Waals surface area contributed by atoms with Crippen molar-refractivity contribution in [3.63, 3.8) is 0 Å². The summed E-state index contributed by atoms with van der Waals surface area (Å²) in [6, 6.07) is 9.81. The molecule has 0 radical (unpaired) electrons. The number of rotatable bonds is 3. The first kappa shape index (κ1) is 11.9. The van der Waals surface area contributed by atoms with Crippen LogP contribution in [0.3, 0.4) is 0 Å². The Morgan fingerprint density at radius 2 is 1.95 bits per heavy atom. The molecule has 3 N–H and O–H groups in total. The van der Waals surface area contributed by atoms with E-state index < -0.39 is 0 Å². The van der Waals surface area contributed by atoms with Crippen LogP contribution < -0.4 is 11.3 Å². The molecule has 3 aromatic rings. The molecule has 1 atom stereocenters. The standard InChI is InChI=1S/C13H16N6/c1-18-8-7-10(16-18)13(15-14)12-9-5-3-4-6-11(9)19(2)17-12/h3-8,13,15H,14H2,1-2H3. The summed E-state index contributed by atoms with van der Waals surface area (Å²) in [5.74, 6) is 5.70. The highest BCUT2D eigenvalue weighted by molar-refractivity contribution is 5.82. The number of para-hydroxylation sites is 1. The van der Waals surface area contributed by atoms with Gasteiger partial charge in [0.2, 0.25) is 0 Å². The summed E-state index contributed by atoms with van der Waals surface area (Å²) >= 11 is 0. The minimum absolute atomic E-state index is 0.215. The maximum absolute atomic E-state index is 5.70. The molecule has 0 saturated heterocycles. The molecule has 0 spiro atoms. The van der Waals surface area contributed by atoms with Gasteiger partial charge in [0.1, 0.15) is 6.04 Å². The number of aromatic nitrogens is 4. The quantitative estimate of drug-likeness (QED) is 0.538. The first-order valence-corrected chi connectivity index (χ1v) is 6.08. The van der Waals surface area contributed by atoms with Crippen molar-refractivity contribution >= 4 is 10.9 Å². The van der Waals surface area contributed by atoms with E-state index in [9.17, 15) is 0 Å². The number of hydrogen-bond donors (Lipinski definition) is 2. The molecule has 1 unspecified atom stereocenters. The highest BCUT2D eigenvalue weighted by Gasteiger charge is 2.21. The second-order valence-electron chi connectivity index (χ2n) is 4.54. The second-order valence-corrected chi connectivity index (χ2v) is 4.54. The Labute approximate surface area is 110 Å². The lowest BCUT2D eigenvalue weighted by Gasteiger charge is -2.11. The van der Waals surface area contributed by atoms with Crippen molar-refractivity contribution < 1.29 is 0 Å². The number of hydrazine groups is 1. The number of hydrogen-bond acceptors (Lipinski definition) is 4. The normalized spacial score (nSPS) is 13.0. The molecule has 6 nitrogen and oxygen atoms in total. The molecule has 0 saturated carbocycles. The molecule has 19 heavy (non-hydrogen) atoms. The minimum Gasteiger partial charge on any atom is -0.275 e. The van der Waals surface area contributed by atoms with Crippen LogP contribution in [0.1, 0.15) is 17.4 Å². The molecule has 0 aliphatic carbocycles. The lowest BCUT2D eigenvalue weighted by molar-refractivity contribution is 0.582. The summed E-state index contributed by atoms with van der Waals surface area (Å²) in [6.45, 7) is 0. The Bertz CT molecular complexity index is 711. The zero-order valence-corrected chi connectivity index (χ0v) is 10.9. The van der Waals surface area contributed by atoms with E-state index in [2.05, 4.69) is 15.6 Å². The van der Waals surface area contributed by atoms with Crippen LogP contribution in [0, 0.1) is 0 Å². The number of aryl methyl sites for hydroxylation is 2. The highest BCUT2D eigenvalue weighted by atomic mass is 15.3. The fraction of sp³-hybridized carbons (Fsp3) is 0.231. The van der Waals surface area contributed by atoms with Crippen molar-refractivity contribution in [2.75, 3.05) is 0 Å². The summed E-state index contributed by atoms with van der Waals surface area (Å²) < 4.78 is 3.61. The number of nitrogens with zero attached hydrogens (tertiary/aromatic N) is 4. The van der Waals surface area contributed by atoms with E-state index in [0.717, 1.165) is 22.3 Å². The molecular formula is C13H16N6. The van der Waals surface area contributed by atoms with E-state index in [-0.39, 0.29) is 6.04 Å². The van der Waals surface area contributed by atoms with Gasteiger partial charge in [-0.1, -0.05) is 18.2 Å². The van der Waals surface area contributed by atoms with Gasteiger partial charge in [0.25, 0.3) is 0 Å². The third kappa shape index (κ3) is 1.91. The first-order chi connectivity index (χ1) is 9.20. The first-order valence-electron chi connectivity index (χ1n) is 6.08. The van der Waals surface area contributed by atoms with Gasteiger partial charge in [-0.05, 0) is 12.1 Å². The van der Waals surface area contributed by atoms with Crippen LogP contribution in [0.5, 0.6) is 0 Å². The molecule has 1 aromatic carbocycles. The van der Waals surface area contributed by atoms with Gasteiger partial charge in [0.15, 0.2) is 0 Å². The van der Waals surface area contributed by atoms with Gasteiger partial charge in [0, 0.05) is 25.7 Å². The van der Waals surface area contributed by atoms with Gasteiger partial charge >= 0.3 is 0 Å². The predicted octanol–water partition coefficient (Wildman–Crippen LogP) is 0.859. The van der Waals surface area contributed by atoms with Crippen molar-refractivity contribution in [3.05, 3.63) is 47.9 Å². The Kier molecular flexibility index (Phi) is 2.81. The molecule has 0 aliphatic rings. The molecule has 3 rings (SSSR count). The Morgan fingerprint density at radius 3 is 2.63 bits per heavy atom. The monoisotopic (exact) mass is 256 g/mol. The molecule has 2 aromatic heterocycles. The van der Waals surface area contributed by atoms with Crippen LogP contribution in [-0.2, 0) is 14.1 Å². The third-order valence-electron chi connectivity index (χ3n) is 3.26. The van der Waals surface area contributed by atoms with Gasteiger partial charge < -0.3 is 0 Å². The van der Waals surface area contributed by atoms with E-state index in [1.165, 1.54) is 0 Å². The molecule has 6 heteroatoms. The summed E-state index contributed by atoms with van der Waals surface area (Å²) in [5.41, 5.74) is 5.62. The van der Waals surface area contributed by atoms with E-state index in [1.54, 1.807) is 4.68 Å². The summed E-state index contributed by atoms with van der Waals surface area (Å²) in [7, 11) is 3.81. The van der Waals surface area contributed by atoms with E-state index in [4.69, 9.17) is 5.84 Å². The Hall–Kier alpha value is -2.18. The smallest absolute Gasteiger partial charge is 0.109 e. The van der Waals surface area contributed by atoms with Crippen molar-refractivity contribution in [1.29, 1.82) is 0 Å². The molecule has 98 valence electrons. The average molecular weight is 256 g/mol. The SMILES string of the molecule is Cn1ccc(C(NN)c2nn(C)c3ccccc23)n1. The minimum atomic E-state index is -0.215. The number of nitrogens with two attached hydrogens (primary N) is 1. The molecule has 0 aliphatic heterocycles. The Balaban J connectivity index is 2.16. The van der Waals surface area contributed by atoms with Gasteiger partial charge in [0.05, 0.1) is 16.9 Å². The average Bonchev–Trinajstić information content (AvgIpc) is 2.97. The predicted molar refractivity (Wildman–Crippen MR) is 73.1 cm³/mol. The molecular weight excluding hydrogens is 240 g/mol. The zero-order valence-electron chi connectivity index (χ0n) is 10.9. The largest absolute Gasteiger partial charge is 0.275 e. The van der Waals surface area contributed by atoms with Crippen LogP contribution in [0.15, 0.2) is 36.5 Å². The second kappa shape index (κ2) is 4.49. The van der Waals surface area contributed by atoms with Crippen LogP contribution in [0.25, 0.3) is 10.9 Å². The fourth-order valence-corrected chi connectivity index (χ4v) is 2.35. The number of fused-ring (bicyclic) bond motifs is 1. The molecule has 0 amide bonds. The summed E-state index contributed by atoms with van der Waals surface area (Å²) in [5, 5.41) is 10.1. The van der Waals surface area contributed by atoms with Gasteiger partial charge in [-0.3, -0.25) is 15.2 Å². The molecule has 2 heterocycles. The summed E-state index contributed by atoms with van der Waals surface area (Å²) in [4.78, 5) is 0. The topological polar surface area (TPSA) is 73.7 Å². The lowest BCUT2D eigenvalue weighted by atomic mass is 10.1. The van der Waals surface area contributed by atoms with Gasteiger partial charge in [-0.25, -0.2) is 5.43 Å². The number of benzene rings is 1. The summed E-state index contributed by atoms with van der Waals surface area (Å²) in [6.07, 6.45) is 1.89. The lowest BCUT2D eigenvalue weighted by Crippen LogP contribution is -2.29. The van der Waals surface area contributed by atoms with Crippen molar-refractivity contribution in [2.45, 2.75) is 6.04 Å². The highest BCUT2D eigenvalue weighted by Crippen LogP contribution is 2.26.